The first-order chi connectivity index (χ1) is 7.49. The molecule has 0 bridgehead atoms. The summed E-state index contributed by atoms with van der Waals surface area (Å²) in [6.07, 6.45) is 0.290. The molecule has 0 aliphatic rings. The number of nitrogens with one attached hydrogen (secondary N) is 1. The van der Waals surface area contributed by atoms with Gasteiger partial charge in [0, 0.05) is 23.0 Å². The summed E-state index contributed by atoms with van der Waals surface area (Å²) < 4.78 is 0. The van der Waals surface area contributed by atoms with Crippen LogP contribution in [-0.4, -0.2) is 10.9 Å². The predicted molar refractivity (Wildman–Crippen MR) is 70.6 cm³/mol. The highest BCUT2D eigenvalue weighted by atomic mass is 35.5. The van der Waals surface area contributed by atoms with Gasteiger partial charge in [0.1, 0.15) is 0 Å². The van der Waals surface area contributed by atoms with Crippen LogP contribution in [0.3, 0.4) is 0 Å². The van der Waals surface area contributed by atoms with E-state index in [0.29, 0.717) is 15.7 Å². The quantitative estimate of drug-likeness (QED) is 0.815. The van der Waals surface area contributed by atoms with E-state index in [1.807, 2.05) is 6.92 Å². The van der Waals surface area contributed by atoms with Gasteiger partial charge in [-0.15, -0.1) is 0 Å². The number of benzene rings is 1. The lowest BCUT2D eigenvalue weighted by Crippen LogP contribution is -2.24. The molecule has 0 aliphatic heterocycles. The van der Waals surface area contributed by atoms with Gasteiger partial charge in [-0.05, 0) is 24.3 Å². The van der Waals surface area contributed by atoms with E-state index in [1.165, 1.54) is 0 Å². The number of hydrogen-bond acceptors (Lipinski definition) is 2. The highest BCUT2D eigenvalue weighted by molar-refractivity contribution is 7.80. The van der Waals surface area contributed by atoms with Gasteiger partial charge in [-0.2, -0.15) is 0 Å². The average Bonchev–Trinajstić information content (AvgIpc) is 2.21. The Labute approximate surface area is 105 Å². The molecule has 0 spiro atoms. The van der Waals surface area contributed by atoms with Crippen LogP contribution in [0.2, 0.25) is 5.02 Å². The summed E-state index contributed by atoms with van der Waals surface area (Å²) in [6, 6.07) is 6.92. The molecule has 0 fully saturated rings. The van der Waals surface area contributed by atoms with Gasteiger partial charge in [0.05, 0.1) is 4.99 Å². The Bertz CT molecular complexity index is 391. The van der Waals surface area contributed by atoms with Crippen LogP contribution < -0.4 is 11.1 Å². The molecule has 1 aromatic rings. The number of nitrogens with two attached hydrogens (primary N) is 1. The van der Waals surface area contributed by atoms with E-state index in [0.717, 1.165) is 0 Å². The van der Waals surface area contributed by atoms with Gasteiger partial charge in [0.2, 0.25) is 5.91 Å². The van der Waals surface area contributed by atoms with Crippen LogP contribution in [-0.2, 0) is 4.79 Å². The molecular formula is C11H13ClN2OS. The molecule has 3 N–H and O–H groups in total. The van der Waals surface area contributed by atoms with E-state index < -0.39 is 0 Å². The van der Waals surface area contributed by atoms with E-state index in [-0.39, 0.29) is 18.2 Å². The first-order valence-corrected chi connectivity index (χ1v) is 5.62. The fourth-order valence-electron chi connectivity index (χ4n) is 1.12. The first kappa shape index (κ1) is 12.9. The SMILES string of the molecule is CC(CC(=O)Nc1ccc(Cl)cc1)C(N)=S. The van der Waals surface area contributed by atoms with Crippen LogP contribution in [0.1, 0.15) is 13.3 Å². The molecule has 0 aromatic heterocycles. The van der Waals surface area contributed by atoms with E-state index in [2.05, 4.69) is 5.32 Å². The molecule has 5 heteroatoms. The van der Waals surface area contributed by atoms with Gasteiger partial charge in [-0.3, -0.25) is 4.79 Å². The van der Waals surface area contributed by atoms with Gasteiger partial charge in [0.15, 0.2) is 0 Å². The Morgan fingerprint density at radius 1 is 1.50 bits per heavy atom. The van der Waals surface area contributed by atoms with Crippen LogP contribution in [0.15, 0.2) is 24.3 Å². The Balaban J connectivity index is 2.52. The number of halogens is 1. The molecule has 0 saturated carbocycles. The molecule has 1 amide bonds. The van der Waals surface area contributed by atoms with Crippen molar-refractivity contribution in [1.82, 2.24) is 0 Å². The number of thiocarbonyl (C=S) groups is 1. The normalized spacial score (nSPS) is 11.9. The van der Waals surface area contributed by atoms with Crippen LogP contribution in [0.5, 0.6) is 0 Å². The molecular weight excluding hydrogens is 244 g/mol. The average molecular weight is 257 g/mol. The molecule has 0 saturated heterocycles. The van der Waals surface area contributed by atoms with Gasteiger partial charge in [-0.1, -0.05) is 30.7 Å². The minimum Gasteiger partial charge on any atom is -0.393 e. The van der Waals surface area contributed by atoms with E-state index in [9.17, 15) is 4.79 Å². The standard InChI is InChI=1S/C11H13ClN2OS/c1-7(11(13)16)6-10(15)14-9-4-2-8(12)3-5-9/h2-5,7H,6H2,1H3,(H2,13,16)(H,14,15). The van der Waals surface area contributed by atoms with E-state index in [4.69, 9.17) is 29.6 Å². The minimum absolute atomic E-state index is 0.0951. The second kappa shape index (κ2) is 5.82. The van der Waals surface area contributed by atoms with Crippen molar-refractivity contribution in [3.8, 4) is 0 Å². The van der Waals surface area contributed by atoms with E-state index in [1.54, 1.807) is 24.3 Å². The number of amides is 1. The zero-order chi connectivity index (χ0) is 12.1. The number of anilines is 1. The van der Waals surface area contributed by atoms with Crippen molar-refractivity contribution < 1.29 is 4.79 Å². The lowest BCUT2D eigenvalue weighted by molar-refractivity contribution is -0.116. The van der Waals surface area contributed by atoms with Crippen molar-refractivity contribution in [2.24, 2.45) is 11.7 Å². The molecule has 0 aliphatic carbocycles. The molecule has 0 heterocycles. The van der Waals surface area contributed by atoms with Gasteiger partial charge < -0.3 is 11.1 Å². The molecule has 1 aromatic carbocycles. The highest BCUT2D eigenvalue weighted by Crippen LogP contribution is 2.14. The number of carbonyl (C=O) groups is 1. The second-order valence-corrected chi connectivity index (χ2v) is 4.47. The third-order valence-corrected chi connectivity index (χ3v) is 2.76. The molecule has 1 unspecified atom stereocenters. The largest absolute Gasteiger partial charge is 0.393 e. The third-order valence-electron chi connectivity index (χ3n) is 2.11. The second-order valence-electron chi connectivity index (χ2n) is 3.56. The number of hydrogen-bond donors (Lipinski definition) is 2. The lowest BCUT2D eigenvalue weighted by Gasteiger charge is -2.09. The molecule has 16 heavy (non-hydrogen) atoms. The van der Waals surface area contributed by atoms with Gasteiger partial charge >= 0.3 is 0 Å². The lowest BCUT2D eigenvalue weighted by atomic mass is 10.1. The Kier molecular flexibility index (Phi) is 4.71. The van der Waals surface area contributed by atoms with Crippen molar-refractivity contribution >= 4 is 40.4 Å². The molecule has 86 valence electrons. The van der Waals surface area contributed by atoms with Crippen molar-refractivity contribution in [2.45, 2.75) is 13.3 Å². The number of carbonyl (C=O) groups excluding carboxylic acids is 1. The summed E-state index contributed by atoms with van der Waals surface area (Å²) in [5.74, 6) is -0.204. The van der Waals surface area contributed by atoms with Crippen molar-refractivity contribution in [3.63, 3.8) is 0 Å². The monoisotopic (exact) mass is 256 g/mol. The summed E-state index contributed by atoms with van der Waals surface area (Å²) in [5, 5.41) is 3.38. The first-order valence-electron chi connectivity index (χ1n) is 4.84. The summed E-state index contributed by atoms with van der Waals surface area (Å²) in [4.78, 5) is 11.9. The summed E-state index contributed by atoms with van der Waals surface area (Å²) >= 11 is 10.5. The van der Waals surface area contributed by atoms with E-state index >= 15 is 0 Å². The molecule has 3 nitrogen and oxygen atoms in total. The van der Waals surface area contributed by atoms with Gasteiger partial charge in [0.25, 0.3) is 0 Å². The van der Waals surface area contributed by atoms with Crippen LogP contribution in [0.4, 0.5) is 5.69 Å². The summed E-state index contributed by atoms with van der Waals surface area (Å²) in [7, 11) is 0. The zero-order valence-electron chi connectivity index (χ0n) is 8.87. The Morgan fingerprint density at radius 3 is 2.56 bits per heavy atom. The zero-order valence-corrected chi connectivity index (χ0v) is 10.4. The Morgan fingerprint density at radius 2 is 2.06 bits per heavy atom. The molecule has 1 rings (SSSR count). The van der Waals surface area contributed by atoms with Gasteiger partial charge in [-0.25, -0.2) is 0 Å². The number of rotatable bonds is 4. The minimum atomic E-state index is -0.109. The fourth-order valence-corrected chi connectivity index (χ4v) is 1.33. The van der Waals surface area contributed by atoms with Crippen molar-refractivity contribution in [1.29, 1.82) is 0 Å². The van der Waals surface area contributed by atoms with Crippen molar-refractivity contribution in [3.05, 3.63) is 29.3 Å². The van der Waals surface area contributed by atoms with Crippen LogP contribution in [0.25, 0.3) is 0 Å². The highest BCUT2D eigenvalue weighted by Gasteiger charge is 2.11. The van der Waals surface area contributed by atoms with Crippen LogP contribution in [0, 0.1) is 5.92 Å². The third kappa shape index (κ3) is 4.16. The summed E-state index contributed by atoms with van der Waals surface area (Å²) in [5.41, 5.74) is 6.14. The van der Waals surface area contributed by atoms with Crippen molar-refractivity contribution in [2.75, 3.05) is 5.32 Å². The molecule has 1 atom stereocenters. The topological polar surface area (TPSA) is 55.1 Å². The smallest absolute Gasteiger partial charge is 0.225 e. The van der Waals surface area contributed by atoms with Crippen LogP contribution >= 0.6 is 23.8 Å². The predicted octanol–water partition coefficient (Wildman–Crippen LogP) is 2.59. The molecule has 0 radical (unpaired) electrons. The fraction of sp³-hybridized carbons (Fsp3) is 0.273. The summed E-state index contributed by atoms with van der Waals surface area (Å²) in [6.45, 7) is 1.82. The maximum atomic E-state index is 11.6. The Hall–Kier alpha value is -1.13. The maximum absolute atomic E-state index is 11.6. The maximum Gasteiger partial charge on any atom is 0.225 e.